The van der Waals surface area contributed by atoms with Gasteiger partial charge in [-0.15, -0.1) is 0 Å². The van der Waals surface area contributed by atoms with E-state index in [2.05, 4.69) is 10.3 Å². The van der Waals surface area contributed by atoms with E-state index >= 15 is 0 Å². The lowest BCUT2D eigenvalue weighted by molar-refractivity contribution is -0.123. The molecule has 2 N–H and O–H groups in total. The molecule has 0 spiro atoms. The molecule has 0 aliphatic carbocycles. The Morgan fingerprint density at radius 3 is 2.73 bits per heavy atom. The molecular formula is C16H17ClN2O3. The summed E-state index contributed by atoms with van der Waals surface area (Å²) in [5.74, 6) is 0.128. The van der Waals surface area contributed by atoms with Crippen molar-refractivity contribution in [3.8, 4) is 5.75 Å². The lowest BCUT2D eigenvalue weighted by Crippen LogP contribution is -2.31. The molecule has 22 heavy (non-hydrogen) atoms. The summed E-state index contributed by atoms with van der Waals surface area (Å²) in [4.78, 5) is 26.4. The van der Waals surface area contributed by atoms with Crippen molar-refractivity contribution < 1.29 is 9.53 Å². The van der Waals surface area contributed by atoms with E-state index in [0.717, 1.165) is 11.3 Å². The number of hydrogen-bond acceptors (Lipinski definition) is 3. The Kier molecular flexibility index (Phi) is 5.22. The predicted molar refractivity (Wildman–Crippen MR) is 85.3 cm³/mol. The number of benzene rings is 1. The van der Waals surface area contributed by atoms with Crippen LogP contribution in [0.5, 0.6) is 5.75 Å². The molecule has 0 bridgehead atoms. The number of ether oxygens (including phenoxy) is 1. The maximum absolute atomic E-state index is 11.8. The van der Waals surface area contributed by atoms with Gasteiger partial charge in [0.2, 0.25) is 0 Å². The second-order valence-corrected chi connectivity index (χ2v) is 5.35. The summed E-state index contributed by atoms with van der Waals surface area (Å²) in [5, 5.41) is 3.11. The van der Waals surface area contributed by atoms with E-state index in [1.54, 1.807) is 24.3 Å². The summed E-state index contributed by atoms with van der Waals surface area (Å²) in [5.41, 5.74) is 1.98. The quantitative estimate of drug-likeness (QED) is 0.888. The number of halogens is 1. The molecule has 1 aromatic heterocycles. The Morgan fingerprint density at radius 2 is 2.05 bits per heavy atom. The Hall–Kier alpha value is -2.27. The Balaban J connectivity index is 1.91. The fourth-order valence-corrected chi connectivity index (χ4v) is 2.23. The fourth-order valence-electron chi connectivity index (χ4n) is 2.04. The van der Waals surface area contributed by atoms with Crippen molar-refractivity contribution in [3.05, 3.63) is 62.5 Å². The summed E-state index contributed by atoms with van der Waals surface area (Å²) in [7, 11) is 0. The highest BCUT2D eigenvalue weighted by atomic mass is 35.5. The molecule has 0 aliphatic rings. The van der Waals surface area contributed by atoms with Crippen molar-refractivity contribution in [1.82, 2.24) is 10.3 Å². The molecule has 1 heterocycles. The molecule has 0 fully saturated rings. The normalized spacial score (nSPS) is 10.3. The minimum Gasteiger partial charge on any atom is -0.482 e. The lowest BCUT2D eigenvalue weighted by Gasteiger charge is -2.10. The van der Waals surface area contributed by atoms with Crippen LogP contribution in [0.2, 0.25) is 5.02 Å². The van der Waals surface area contributed by atoms with E-state index in [0.29, 0.717) is 16.3 Å². The minimum absolute atomic E-state index is 0.159. The van der Waals surface area contributed by atoms with Crippen LogP contribution in [0.15, 0.2) is 35.1 Å². The second-order valence-electron chi connectivity index (χ2n) is 4.94. The van der Waals surface area contributed by atoms with Crippen molar-refractivity contribution >= 4 is 17.5 Å². The van der Waals surface area contributed by atoms with E-state index in [9.17, 15) is 9.59 Å². The summed E-state index contributed by atoms with van der Waals surface area (Å²) < 4.78 is 5.34. The fraction of sp³-hybridized carbons (Fsp3) is 0.250. The molecule has 1 aromatic carbocycles. The topological polar surface area (TPSA) is 71.2 Å². The van der Waals surface area contributed by atoms with Crippen LogP contribution in [0, 0.1) is 13.8 Å². The van der Waals surface area contributed by atoms with Gasteiger partial charge >= 0.3 is 0 Å². The van der Waals surface area contributed by atoms with E-state index in [1.165, 1.54) is 0 Å². The second kappa shape index (κ2) is 7.13. The van der Waals surface area contributed by atoms with Gasteiger partial charge in [0, 0.05) is 17.8 Å². The highest BCUT2D eigenvalue weighted by Gasteiger charge is 2.09. The lowest BCUT2D eigenvalue weighted by atomic mass is 10.1. The smallest absolute Gasteiger partial charge is 0.258 e. The standard InChI is InChI=1S/C16H17ClN2O3/c1-10-7-11(2)19-16(21)12(10)8-18-15(20)9-22-14-6-4-3-5-13(14)17/h3-7H,8-9H2,1-2H3,(H,18,20)(H,19,21). The number of carbonyl (C=O) groups excluding carboxylic acids is 1. The Labute approximate surface area is 133 Å². The van der Waals surface area contributed by atoms with Crippen LogP contribution in [0.25, 0.3) is 0 Å². The van der Waals surface area contributed by atoms with Crippen LogP contribution < -0.4 is 15.6 Å². The number of aryl methyl sites for hydroxylation is 2. The molecule has 0 radical (unpaired) electrons. The Morgan fingerprint density at radius 1 is 1.32 bits per heavy atom. The van der Waals surface area contributed by atoms with Gasteiger partial charge in [-0.1, -0.05) is 23.7 Å². The number of rotatable bonds is 5. The summed E-state index contributed by atoms with van der Waals surface area (Å²) >= 11 is 5.93. The molecule has 116 valence electrons. The van der Waals surface area contributed by atoms with Crippen molar-refractivity contribution in [1.29, 1.82) is 0 Å². The van der Waals surface area contributed by atoms with Gasteiger partial charge in [-0.05, 0) is 37.6 Å². The van der Waals surface area contributed by atoms with E-state index in [4.69, 9.17) is 16.3 Å². The third-order valence-electron chi connectivity index (χ3n) is 3.15. The zero-order valence-electron chi connectivity index (χ0n) is 12.4. The van der Waals surface area contributed by atoms with Crippen LogP contribution in [-0.2, 0) is 11.3 Å². The Bertz CT molecular complexity index is 740. The van der Waals surface area contributed by atoms with Crippen LogP contribution in [0.4, 0.5) is 0 Å². The summed E-state index contributed by atoms with van der Waals surface area (Å²) in [6.07, 6.45) is 0. The van der Waals surface area contributed by atoms with Crippen LogP contribution in [0.3, 0.4) is 0 Å². The molecule has 0 saturated heterocycles. The molecule has 0 unspecified atom stereocenters. The first-order valence-corrected chi connectivity index (χ1v) is 7.18. The first-order chi connectivity index (χ1) is 10.5. The van der Waals surface area contributed by atoms with Crippen molar-refractivity contribution in [3.63, 3.8) is 0 Å². The minimum atomic E-state index is -0.320. The van der Waals surface area contributed by atoms with Gasteiger partial charge < -0.3 is 15.0 Å². The predicted octanol–water partition coefficient (Wildman–Crippen LogP) is 2.34. The SMILES string of the molecule is Cc1cc(C)c(CNC(=O)COc2ccccc2Cl)c(=O)[nH]1. The van der Waals surface area contributed by atoms with Crippen LogP contribution in [0.1, 0.15) is 16.8 Å². The molecule has 0 aliphatic heterocycles. The number of para-hydroxylation sites is 1. The van der Waals surface area contributed by atoms with Gasteiger partial charge in [0.25, 0.3) is 11.5 Å². The molecule has 0 atom stereocenters. The van der Waals surface area contributed by atoms with Gasteiger partial charge in [0.05, 0.1) is 5.02 Å². The molecular weight excluding hydrogens is 304 g/mol. The van der Waals surface area contributed by atoms with Gasteiger partial charge in [-0.2, -0.15) is 0 Å². The zero-order valence-corrected chi connectivity index (χ0v) is 13.2. The summed E-state index contributed by atoms with van der Waals surface area (Å²) in [6, 6.07) is 8.79. The highest BCUT2D eigenvalue weighted by molar-refractivity contribution is 6.32. The van der Waals surface area contributed by atoms with Gasteiger partial charge in [0.1, 0.15) is 5.75 Å². The number of aromatic amines is 1. The van der Waals surface area contributed by atoms with Crippen molar-refractivity contribution in [2.75, 3.05) is 6.61 Å². The van der Waals surface area contributed by atoms with Gasteiger partial charge in [-0.25, -0.2) is 0 Å². The number of hydrogen-bond donors (Lipinski definition) is 2. The largest absolute Gasteiger partial charge is 0.482 e. The average Bonchev–Trinajstić information content (AvgIpc) is 2.45. The van der Waals surface area contributed by atoms with Gasteiger partial charge in [0.15, 0.2) is 6.61 Å². The van der Waals surface area contributed by atoms with Crippen molar-refractivity contribution in [2.45, 2.75) is 20.4 Å². The molecule has 2 rings (SSSR count). The molecule has 1 amide bonds. The molecule has 6 heteroatoms. The monoisotopic (exact) mass is 320 g/mol. The number of aromatic nitrogens is 1. The number of pyridine rings is 1. The van der Waals surface area contributed by atoms with Crippen LogP contribution >= 0.6 is 11.6 Å². The molecule has 0 saturated carbocycles. The van der Waals surface area contributed by atoms with Crippen molar-refractivity contribution in [2.24, 2.45) is 0 Å². The summed E-state index contributed by atoms with van der Waals surface area (Å²) in [6.45, 7) is 3.65. The molecule has 5 nitrogen and oxygen atoms in total. The first-order valence-electron chi connectivity index (χ1n) is 6.81. The third-order valence-corrected chi connectivity index (χ3v) is 3.46. The van der Waals surface area contributed by atoms with Crippen LogP contribution in [-0.4, -0.2) is 17.5 Å². The first kappa shape index (κ1) is 16.1. The number of nitrogens with one attached hydrogen (secondary N) is 2. The number of amides is 1. The molecule has 2 aromatic rings. The zero-order chi connectivity index (χ0) is 16.1. The highest BCUT2D eigenvalue weighted by Crippen LogP contribution is 2.22. The third kappa shape index (κ3) is 4.11. The van der Waals surface area contributed by atoms with Gasteiger partial charge in [-0.3, -0.25) is 9.59 Å². The average molecular weight is 321 g/mol. The number of carbonyl (C=O) groups is 1. The van der Waals surface area contributed by atoms with E-state index < -0.39 is 0 Å². The van der Waals surface area contributed by atoms with E-state index in [1.807, 2.05) is 19.9 Å². The van der Waals surface area contributed by atoms with E-state index in [-0.39, 0.29) is 24.6 Å². The maximum atomic E-state index is 11.8. The number of H-pyrrole nitrogens is 1. The maximum Gasteiger partial charge on any atom is 0.258 e.